The summed E-state index contributed by atoms with van der Waals surface area (Å²) in [6.45, 7) is 2.62. The van der Waals surface area contributed by atoms with Crippen LogP contribution in [0.2, 0.25) is 0 Å². The Labute approximate surface area is 149 Å². The van der Waals surface area contributed by atoms with Gasteiger partial charge in [-0.05, 0) is 56.7 Å². The first-order chi connectivity index (χ1) is 12.1. The molecular formula is C21H26N2O2. The van der Waals surface area contributed by atoms with Crippen LogP contribution in [0.25, 0.3) is 0 Å². The number of pyridine rings is 1. The van der Waals surface area contributed by atoms with Gasteiger partial charge in [0, 0.05) is 25.3 Å². The van der Waals surface area contributed by atoms with Crippen molar-refractivity contribution in [1.29, 1.82) is 0 Å². The van der Waals surface area contributed by atoms with Crippen molar-refractivity contribution in [2.45, 2.75) is 45.1 Å². The zero-order valence-corrected chi connectivity index (χ0v) is 15.1. The minimum Gasteiger partial charge on any atom is -0.335 e. The molecule has 1 amide bonds. The van der Waals surface area contributed by atoms with Crippen LogP contribution >= 0.6 is 0 Å². The van der Waals surface area contributed by atoms with E-state index >= 15 is 0 Å². The monoisotopic (exact) mass is 338 g/mol. The normalized spacial score (nSPS) is 17.5. The second-order valence-electron chi connectivity index (χ2n) is 6.92. The van der Waals surface area contributed by atoms with Gasteiger partial charge in [0.05, 0.1) is 0 Å². The van der Waals surface area contributed by atoms with E-state index in [1.807, 2.05) is 24.0 Å². The zero-order chi connectivity index (χ0) is 17.8. The number of benzene rings is 1. The molecule has 0 bridgehead atoms. The quantitative estimate of drug-likeness (QED) is 0.858. The Balaban J connectivity index is 1.77. The summed E-state index contributed by atoms with van der Waals surface area (Å²) in [6, 6.07) is 14.1. The third kappa shape index (κ3) is 3.84. The van der Waals surface area contributed by atoms with Gasteiger partial charge in [0.15, 0.2) is 0 Å². The maximum atomic E-state index is 13.0. The van der Waals surface area contributed by atoms with Crippen LogP contribution in [0, 0.1) is 6.92 Å². The van der Waals surface area contributed by atoms with Crippen molar-refractivity contribution < 1.29 is 4.79 Å². The molecule has 1 aromatic heterocycles. The Morgan fingerprint density at radius 3 is 2.64 bits per heavy atom. The lowest BCUT2D eigenvalue weighted by atomic mass is 9.95. The van der Waals surface area contributed by atoms with Crippen LogP contribution in [0.5, 0.6) is 0 Å². The molecule has 0 aliphatic carbocycles. The molecule has 0 saturated carbocycles. The lowest BCUT2D eigenvalue weighted by molar-refractivity contribution is 0.0599. The van der Waals surface area contributed by atoms with Crippen LogP contribution in [0.1, 0.15) is 47.3 Å². The van der Waals surface area contributed by atoms with E-state index in [0.717, 1.165) is 44.3 Å². The maximum absolute atomic E-state index is 13.0. The van der Waals surface area contributed by atoms with Crippen molar-refractivity contribution >= 4 is 5.91 Å². The Morgan fingerprint density at radius 2 is 1.88 bits per heavy atom. The van der Waals surface area contributed by atoms with Crippen molar-refractivity contribution in [2.75, 3.05) is 6.54 Å². The van der Waals surface area contributed by atoms with Gasteiger partial charge in [0.1, 0.15) is 5.56 Å². The second kappa shape index (κ2) is 7.68. The molecule has 2 heterocycles. The highest BCUT2D eigenvalue weighted by Crippen LogP contribution is 2.23. The van der Waals surface area contributed by atoms with Crippen LogP contribution in [-0.2, 0) is 13.5 Å². The topological polar surface area (TPSA) is 42.3 Å². The molecule has 0 spiro atoms. The van der Waals surface area contributed by atoms with E-state index in [-0.39, 0.29) is 17.5 Å². The van der Waals surface area contributed by atoms with Gasteiger partial charge >= 0.3 is 0 Å². The van der Waals surface area contributed by atoms with Crippen molar-refractivity contribution in [2.24, 2.45) is 7.05 Å². The summed E-state index contributed by atoms with van der Waals surface area (Å²) < 4.78 is 1.55. The number of nitrogens with zero attached hydrogens (tertiary/aromatic N) is 2. The number of carbonyl (C=O) groups excluding carboxylic acids is 1. The van der Waals surface area contributed by atoms with Gasteiger partial charge in [-0.2, -0.15) is 0 Å². The molecule has 2 aromatic rings. The largest absolute Gasteiger partial charge is 0.335 e. The Bertz CT molecular complexity index is 795. The number of hydrogen-bond acceptors (Lipinski definition) is 2. The summed E-state index contributed by atoms with van der Waals surface area (Å²) in [6.07, 6.45) is 5.09. The minimum absolute atomic E-state index is 0.113. The number of rotatable bonds is 4. The van der Waals surface area contributed by atoms with Crippen LogP contribution in [-0.4, -0.2) is 28.0 Å². The number of aromatic nitrogens is 1. The number of carbonyl (C=O) groups is 1. The lowest BCUT2D eigenvalue weighted by Gasteiger charge is -2.36. The van der Waals surface area contributed by atoms with E-state index in [0.29, 0.717) is 5.56 Å². The predicted molar refractivity (Wildman–Crippen MR) is 99.9 cm³/mol. The van der Waals surface area contributed by atoms with E-state index in [1.165, 1.54) is 5.56 Å². The molecule has 1 atom stereocenters. The molecule has 1 saturated heterocycles. The van der Waals surface area contributed by atoms with Gasteiger partial charge in [-0.25, -0.2) is 0 Å². The number of aryl methyl sites for hydroxylation is 2. The summed E-state index contributed by atoms with van der Waals surface area (Å²) in [5.74, 6) is -0.113. The van der Waals surface area contributed by atoms with E-state index in [1.54, 1.807) is 17.7 Å². The molecule has 3 rings (SSSR count). The minimum atomic E-state index is -0.197. The van der Waals surface area contributed by atoms with Crippen molar-refractivity contribution in [3.05, 3.63) is 69.6 Å². The highest BCUT2D eigenvalue weighted by molar-refractivity contribution is 5.94. The molecule has 25 heavy (non-hydrogen) atoms. The van der Waals surface area contributed by atoms with Gasteiger partial charge in [-0.1, -0.05) is 30.3 Å². The Hall–Kier alpha value is -2.36. The van der Waals surface area contributed by atoms with Crippen molar-refractivity contribution in [3.8, 4) is 0 Å². The van der Waals surface area contributed by atoms with Crippen LogP contribution < -0.4 is 5.56 Å². The van der Waals surface area contributed by atoms with Crippen molar-refractivity contribution in [3.63, 3.8) is 0 Å². The molecule has 4 heteroatoms. The molecule has 1 fully saturated rings. The van der Waals surface area contributed by atoms with Gasteiger partial charge in [-0.3, -0.25) is 9.59 Å². The van der Waals surface area contributed by atoms with E-state index in [9.17, 15) is 9.59 Å². The first kappa shape index (κ1) is 17.5. The number of hydrogen-bond donors (Lipinski definition) is 0. The van der Waals surface area contributed by atoms with Gasteiger partial charge in [0.2, 0.25) is 0 Å². The Morgan fingerprint density at radius 1 is 1.12 bits per heavy atom. The average Bonchev–Trinajstić information content (AvgIpc) is 2.65. The van der Waals surface area contributed by atoms with E-state index in [4.69, 9.17) is 0 Å². The highest BCUT2D eigenvalue weighted by Gasteiger charge is 2.28. The summed E-state index contributed by atoms with van der Waals surface area (Å²) in [7, 11) is 1.72. The average molecular weight is 338 g/mol. The van der Waals surface area contributed by atoms with Crippen LogP contribution in [0.15, 0.2) is 47.3 Å². The highest BCUT2D eigenvalue weighted by atomic mass is 16.2. The van der Waals surface area contributed by atoms with Crippen molar-refractivity contribution in [1.82, 2.24) is 9.47 Å². The first-order valence-corrected chi connectivity index (χ1v) is 9.09. The number of piperidine rings is 1. The fourth-order valence-corrected chi connectivity index (χ4v) is 3.59. The maximum Gasteiger partial charge on any atom is 0.263 e. The van der Waals surface area contributed by atoms with Crippen LogP contribution in [0.4, 0.5) is 0 Å². The molecule has 0 radical (unpaired) electrons. The summed E-state index contributed by atoms with van der Waals surface area (Å²) in [5, 5.41) is 0. The molecule has 1 aromatic carbocycles. The lowest BCUT2D eigenvalue weighted by Crippen LogP contribution is -2.46. The SMILES string of the molecule is Cc1ccc(C(=O)N2CCCCC2CCc2ccccc2)c(=O)n1C. The summed E-state index contributed by atoms with van der Waals surface area (Å²) in [4.78, 5) is 27.4. The third-order valence-electron chi connectivity index (χ3n) is 5.28. The zero-order valence-electron chi connectivity index (χ0n) is 15.1. The van der Waals surface area contributed by atoms with E-state index in [2.05, 4.69) is 24.3 Å². The fourth-order valence-electron chi connectivity index (χ4n) is 3.59. The Kier molecular flexibility index (Phi) is 5.37. The number of amides is 1. The molecule has 4 nitrogen and oxygen atoms in total. The molecule has 1 aliphatic rings. The molecule has 132 valence electrons. The van der Waals surface area contributed by atoms with Gasteiger partial charge in [0.25, 0.3) is 11.5 Å². The van der Waals surface area contributed by atoms with Gasteiger partial charge in [-0.15, -0.1) is 0 Å². The standard InChI is InChI=1S/C21H26N2O2/c1-16-11-14-19(20(24)22(16)2)21(25)23-15-7-6-10-18(23)13-12-17-8-4-3-5-9-17/h3-5,8-9,11,14,18H,6-7,10,12-13,15H2,1-2H3. The summed E-state index contributed by atoms with van der Waals surface area (Å²) >= 11 is 0. The fraction of sp³-hybridized carbons (Fsp3) is 0.429. The van der Waals surface area contributed by atoms with E-state index < -0.39 is 0 Å². The third-order valence-corrected chi connectivity index (χ3v) is 5.28. The first-order valence-electron chi connectivity index (χ1n) is 9.09. The van der Waals surface area contributed by atoms with Gasteiger partial charge < -0.3 is 9.47 Å². The molecule has 0 N–H and O–H groups in total. The molecule has 1 aliphatic heterocycles. The number of likely N-dealkylation sites (tertiary alicyclic amines) is 1. The second-order valence-corrected chi connectivity index (χ2v) is 6.92. The summed E-state index contributed by atoms with van der Waals surface area (Å²) in [5.41, 5.74) is 2.25. The molecule has 1 unspecified atom stereocenters. The molecular weight excluding hydrogens is 312 g/mol. The van der Waals surface area contributed by atoms with Crippen LogP contribution in [0.3, 0.4) is 0 Å². The smallest absolute Gasteiger partial charge is 0.263 e. The predicted octanol–water partition coefficient (Wildman–Crippen LogP) is 3.32.